The van der Waals surface area contributed by atoms with Crippen LogP contribution in [0.1, 0.15) is 16.1 Å². The van der Waals surface area contributed by atoms with Gasteiger partial charge in [-0.05, 0) is 24.3 Å². The van der Waals surface area contributed by atoms with Gasteiger partial charge in [0.05, 0.1) is 11.2 Å². The molecule has 6 rings (SSSR count). The molecular weight excluding hydrogens is 693 g/mol. The molecular formula is C28H17IrN2O3Y-3. The predicted octanol–water partition coefficient (Wildman–Crippen LogP) is 5.64. The van der Waals surface area contributed by atoms with Crippen LogP contribution in [0.2, 0.25) is 0 Å². The smallest absolute Gasteiger partial charge is 0.354 e. The molecule has 7 heteroatoms. The number of nitrogens with zero attached hydrogens (tertiary/aromatic N) is 2. The minimum Gasteiger partial charge on any atom is -0.504 e. The molecule has 0 amide bonds. The molecule has 0 unspecified atom stereocenters. The average Bonchev–Trinajstić information content (AvgIpc) is 2.88. The number of carboxylic acid groups (broad SMARTS) is 1. The molecule has 3 heterocycles. The zero-order chi connectivity index (χ0) is 22.6. The number of hydrogen-bond donors (Lipinski definition) is 1. The monoisotopic (exact) mass is 711 g/mol. The SMILES string of the molecule is O=C(O)c1ccccn1.[Ir].[Y].[c-]1cc2c([c-]c1-c1[c-]cccc1)-c1nc3ccccc3cc1OC2. The molecule has 0 spiro atoms. The first-order chi connectivity index (χ1) is 16.2. The van der Waals surface area contributed by atoms with Gasteiger partial charge in [0, 0.05) is 71.0 Å². The molecule has 172 valence electrons. The third-order valence-corrected chi connectivity index (χ3v) is 5.13. The van der Waals surface area contributed by atoms with Crippen molar-refractivity contribution in [1.82, 2.24) is 9.97 Å². The van der Waals surface area contributed by atoms with Gasteiger partial charge in [-0.3, -0.25) is 0 Å². The van der Waals surface area contributed by atoms with E-state index in [-0.39, 0.29) is 58.5 Å². The van der Waals surface area contributed by atoms with E-state index < -0.39 is 5.97 Å². The molecule has 35 heavy (non-hydrogen) atoms. The second kappa shape index (κ2) is 12.3. The molecule has 1 aliphatic rings. The van der Waals surface area contributed by atoms with Crippen molar-refractivity contribution in [2.45, 2.75) is 6.61 Å². The summed E-state index contributed by atoms with van der Waals surface area (Å²) >= 11 is 0. The number of ether oxygens (including phenoxy) is 1. The minimum absolute atomic E-state index is 0. The van der Waals surface area contributed by atoms with Crippen molar-refractivity contribution in [1.29, 1.82) is 0 Å². The number of fused-ring (bicyclic) bond motifs is 4. The van der Waals surface area contributed by atoms with Crippen LogP contribution in [-0.2, 0) is 59.4 Å². The Morgan fingerprint density at radius 1 is 1.00 bits per heavy atom. The van der Waals surface area contributed by atoms with Crippen LogP contribution in [0, 0.1) is 18.2 Å². The van der Waals surface area contributed by atoms with Crippen molar-refractivity contribution in [2.24, 2.45) is 0 Å². The second-order valence-corrected chi connectivity index (χ2v) is 7.30. The van der Waals surface area contributed by atoms with Gasteiger partial charge in [0.15, 0.2) is 0 Å². The Labute approximate surface area is 241 Å². The molecule has 0 saturated heterocycles. The molecule has 3 aromatic carbocycles. The fraction of sp³-hybridized carbons (Fsp3) is 0.0357. The van der Waals surface area contributed by atoms with Gasteiger partial charge in [-0.15, -0.1) is 6.07 Å². The fourth-order valence-corrected chi connectivity index (χ4v) is 3.52. The van der Waals surface area contributed by atoms with Gasteiger partial charge >= 0.3 is 5.97 Å². The number of para-hydroxylation sites is 1. The van der Waals surface area contributed by atoms with Crippen LogP contribution < -0.4 is 4.74 Å². The number of benzene rings is 3. The van der Waals surface area contributed by atoms with Crippen molar-refractivity contribution in [3.63, 3.8) is 0 Å². The maximum absolute atomic E-state index is 10.1. The number of pyridine rings is 2. The van der Waals surface area contributed by atoms with Crippen molar-refractivity contribution in [2.75, 3.05) is 0 Å². The summed E-state index contributed by atoms with van der Waals surface area (Å²) in [6.45, 7) is 0.522. The van der Waals surface area contributed by atoms with E-state index in [1.165, 1.54) is 12.3 Å². The normalized spacial score (nSPS) is 10.7. The van der Waals surface area contributed by atoms with Gasteiger partial charge < -0.3 is 33.1 Å². The van der Waals surface area contributed by atoms with Crippen LogP contribution in [0.15, 0.2) is 85.1 Å². The van der Waals surface area contributed by atoms with Crippen LogP contribution in [0.3, 0.4) is 0 Å². The largest absolute Gasteiger partial charge is 0.504 e. The van der Waals surface area contributed by atoms with Crippen molar-refractivity contribution < 1.29 is 67.5 Å². The molecule has 0 saturated carbocycles. The van der Waals surface area contributed by atoms with E-state index in [1.54, 1.807) is 12.1 Å². The number of carboxylic acids is 1. The van der Waals surface area contributed by atoms with E-state index in [0.717, 1.165) is 44.6 Å². The molecule has 5 nitrogen and oxygen atoms in total. The number of aromatic carboxylic acids is 1. The van der Waals surface area contributed by atoms with Gasteiger partial charge in [-0.2, -0.15) is 23.3 Å². The Morgan fingerprint density at radius 3 is 2.51 bits per heavy atom. The second-order valence-electron chi connectivity index (χ2n) is 7.30. The molecule has 0 bridgehead atoms. The first kappa shape index (κ1) is 26.8. The third-order valence-electron chi connectivity index (χ3n) is 5.13. The summed E-state index contributed by atoms with van der Waals surface area (Å²) in [6, 6.07) is 34.7. The minimum atomic E-state index is -0.990. The summed E-state index contributed by atoms with van der Waals surface area (Å²) in [6.07, 6.45) is 1.45. The van der Waals surface area contributed by atoms with E-state index in [4.69, 9.17) is 14.8 Å². The van der Waals surface area contributed by atoms with Gasteiger partial charge in [-0.25, -0.2) is 33.0 Å². The van der Waals surface area contributed by atoms with Gasteiger partial charge in [0.1, 0.15) is 11.4 Å². The molecule has 2 aromatic heterocycles. The Balaban J connectivity index is 0.000000267. The van der Waals surface area contributed by atoms with Gasteiger partial charge in [0.2, 0.25) is 0 Å². The van der Waals surface area contributed by atoms with E-state index in [2.05, 4.69) is 29.2 Å². The number of hydrogen-bond acceptors (Lipinski definition) is 4. The standard InChI is InChI=1S/C22H12NO.C6H5NO2.Ir.Y/c1-2-6-15(7-3-1)16-10-11-18-14-24-21-13-17-8-4-5-9-20(17)23-22(21)19(18)12-16;8-6(9)5-3-1-2-4-7-5;;/h1-6,8-9,11,13H,14H2;1-4H,(H,8,9);;/q-3;;;. The zero-order valence-corrected chi connectivity index (χ0v) is 23.6. The third kappa shape index (κ3) is 6.09. The maximum Gasteiger partial charge on any atom is 0.354 e. The predicted molar refractivity (Wildman–Crippen MR) is 125 cm³/mol. The Kier molecular flexibility index (Phi) is 9.42. The first-order valence-corrected chi connectivity index (χ1v) is 10.3. The maximum atomic E-state index is 10.1. The molecule has 5 aromatic rings. The number of carbonyl (C=O) groups is 1. The van der Waals surface area contributed by atoms with E-state index >= 15 is 0 Å². The number of aromatic nitrogens is 2. The zero-order valence-electron chi connectivity index (χ0n) is 18.4. The van der Waals surface area contributed by atoms with Crippen LogP contribution in [-0.4, -0.2) is 21.0 Å². The molecule has 0 aliphatic carbocycles. The van der Waals surface area contributed by atoms with E-state index in [0.29, 0.717) is 6.61 Å². The van der Waals surface area contributed by atoms with Gasteiger partial charge in [-0.1, -0.05) is 24.3 Å². The topological polar surface area (TPSA) is 72.3 Å². The molecule has 0 atom stereocenters. The molecule has 1 N–H and O–H groups in total. The summed E-state index contributed by atoms with van der Waals surface area (Å²) in [5, 5.41) is 9.40. The van der Waals surface area contributed by atoms with Gasteiger partial charge in [0.25, 0.3) is 0 Å². The van der Waals surface area contributed by atoms with Crippen LogP contribution in [0.5, 0.6) is 5.75 Å². The van der Waals surface area contributed by atoms with E-state index in [1.807, 2.05) is 54.6 Å². The van der Waals surface area contributed by atoms with Crippen molar-refractivity contribution in [3.8, 4) is 28.1 Å². The van der Waals surface area contributed by atoms with Crippen LogP contribution >= 0.6 is 0 Å². The van der Waals surface area contributed by atoms with Crippen LogP contribution in [0.4, 0.5) is 0 Å². The number of rotatable bonds is 2. The quantitative estimate of drug-likeness (QED) is 0.241. The first-order valence-electron chi connectivity index (χ1n) is 10.3. The Bertz CT molecular complexity index is 1450. The summed E-state index contributed by atoms with van der Waals surface area (Å²) in [4.78, 5) is 18.5. The molecule has 1 aliphatic heterocycles. The Hall–Kier alpha value is -2.76. The summed E-state index contributed by atoms with van der Waals surface area (Å²) < 4.78 is 5.89. The fourth-order valence-electron chi connectivity index (χ4n) is 3.52. The van der Waals surface area contributed by atoms with Crippen molar-refractivity contribution in [3.05, 3.63) is 115 Å². The van der Waals surface area contributed by atoms with Crippen molar-refractivity contribution >= 4 is 16.9 Å². The molecule has 2 radical (unpaired) electrons. The van der Waals surface area contributed by atoms with Crippen LogP contribution in [0.25, 0.3) is 33.3 Å². The van der Waals surface area contributed by atoms with E-state index in [9.17, 15) is 4.79 Å². The Morgan fingerprint density at radius 2 is 1.80 bits per heavy atom. The summed E-state index contributed by atoms with van der Waals surface area (Å²) in [5.41, 5.74) is 5.82. The summed E-state index contributed by atoms with van der Waals surface area (Å²) in [7, 11) is 0. The summed E-state index contributed by atoms with van der Waals surface area (Å²) in [5.74, 6) is -0.178. The molecule has 0 fully saturated rings. The average molecular weight is 711 g/mol.